The summed E-state index contributed by atoms with van der Waals surface area (Å²) >= 11 is 5.40. The third-order valence-electron chi connectivity index (χ3n) is 2.95. The molecule has 0 bridgehead atoms. The Labute approximate surface area is 105 Å². The minimum Gasteiger partial charge on any atom is -0.330 e. The van der Waals surface area contributed by atoms with Crippen LogP contribution < -0.4 is 0 Å². The number of rotatable bonds is 1. The van der Waals surface area contributed by atoms with Crippen LogP contribution in [0.4, 0.5) is 0 Å². The standard InChI is InChI=1S/C14H12N2S/c1-10-6-2-4-8-12(10)16-13-9-5-3-7-11(13)15-14(16)17/h2-9H,1H3,(H,15,17). The van der Waals surface area contributed by atoms with Gasteiger partial charge < -0.3 is 4.98 Å². The van der Waals surface area contributed by atoms with E-state index in [1.807, 2.05) is 30.3 Å². The zero-order valence-electron chi connectivity index (χ0n) is 9.47. The molecule has 0 radical (unpaired) electrons. The molecule has 0 spiro atoms. The molecular weight excluding hydrogens is 228 g/mol. The molecule has 0 aliphatic rings. The van der Waals surface area contributed by atoms with Crippen molar-refractivity contribution in [3.8, 4) is 5.69 Å². The molecule has 0 fully saturated rings. The zero-order valence-corrected chi connectivity index (χ0v) is 10.3. The zero-order chi connectivity index (χ0) is 11.8. The van der Waals surface area contributed by atoms with Crippen LogP contribution in [0.2, 0.25) is 0 Å². The van der Waals surface area contributed by atoms with E-state index in [4.69, 9.17) is 12.2 Å². The summed E-state index contributed by atoms with van der Waals surface area (Å²) in [5.41, 5.74) is 4.54. The molecule has 0 aliphatic carbocycles. The van der Waals surface area contributed by atoms with Crippen molar-refractivity contribution >= 4 is 23.3 Å². The number of aromatic nitrogens is 2. The lowest BCUT2D eigenvalue weighted by Crippen LogP contribution is -1.96. The molecule has 3 aromatic rings. The first-order valence-corrected chi connectivity index (χ1v) is 5.94. The van der Waals surface area contributed by atoms with Crippen LogP contribution >= 0.6 is 12.2 Å². The second-order valence-electron chi connectivity index (χ2n) is 4.07. The minimum absolute atomic E-state index is 0.737. The van der Waals surface area contributed by atoms with Gasteiger partial charge in [-0.2, -0.15) is 0 Å². The molecule has 3 rings (SSSR count). The molecule has 0 atom stereocenters. The van der Waals surface area contributed by atoms with Crippen molar-refractivity contribution in [2.45, 2.75) is 6.92 Å². The fraction of sp³-hybridized carbons (Fsp3) is 0.0714. The van der Waals surface area contributed by atoms with Gasteiger partial charge in [0.15, 0.2) is 4.77 Å². The summed E-state index contributed by atoms with van der Waals surface area (Å²) in [5, 5.41) is 0. The van der Waals surface area contributed by atoms with Crippen LogP contribution in [0.3, 0.4) is 0 Å². The molecule has 1 heterocycles. The topological polar surface area (TPSA) is 20.7 Å². The van der Waals surface area contributed by atoms with Gasteiger partial charge in [-0.25, -0.2) is 0 Å². The number of benzene rings is 2. The lowest BCUT2D eigenvalue weighted by Gasteiger charge is -2.07. The number of H-pyrrole nitrogens is 1. The number of aromatic amines is 1. The summed E-state index contributed by atoms with van der Waals surface area (Å²) in [6.07, 6.45) is 0. The molecule has 0 unspecified atom stereocenters. The maximum atomic E-state index is 5.40. The summed E-state index contributed by atoms with van der Waals surface area (Å²) in [6, 6.07) is 16.4. The summed E-state index contributed by atoms with van der Waals surface area (Å²) in [5.74, 6) is 0. The fourth-order valence-corrected chi connectivity index (χ4v) is 2.41. The highest BCUT2D eigenvalue weighted by Crippen LogP contribution is 2.21. The van der Waals surface area contributed by atoms with Crippen LogP contribution in [0, 0.1) is 11.7 Å². The Morgan fingerprint density at radius 2 is 1.71 bits per heavy atom. The van der Waals surface area contributed by atoms with Crippen LogP contribution in [0.5, 0.6) is 0 Å². The Morgan fingerprint density at radius 1 is 1.00 bits per heavy atom. The molecule has 0 amide bonds. The van der Waals surface area contributed by atoms with E-state index in [9.17, 15) is 0 Å². The molecule has 0 aliphatic heterocycles. The lowest BCUT2D eigenvalue weighted by atomic mass is 10.2. The van der Waals surface area contributed by atoms with Gasteiger partial charge in [0.2, 0.25) is 0 Å². The van der Waals surface area contributed by atoms with Gasteiger partial charge in [0.05, 0.1) is 16.7 Å². The third kappa shape index (κ3) is 1.59. The molecule has 2 nitrogen and oxygen atoms in total. The average Bonchev–Trinajstić information content (AvgIpc) is 2.66. The highest BCUT2D eigenvalue weighted by molar-refractivity contribution is 7.71. The Balaban J connectivity index is 2.42. The lowest BCUT2D eigenvalue weighted by molar-refractivity contribution is 1.05. The fourth-order valence-electron chi connectivity index (χ4n) is 2.11. The highest BCUT2D eigenvalue weighted by atomic mass is 32.1. The number of hydrogen-bond acceptors (Lipinski definition) is 1. The van der Waals surface area contributed by atoms with Gasteiger partial charge >= 0.3 is 0 Å². The van der Waals surface area contributed by atoms with E-state index in [0.29, 0.717) is 0 Å². The Kier molecular flexibility index (Phi) is 2.34. The van der Waals surface area contributed by atoms with E-state index < -0.39 is 0 Å². The SMILES string of the molecule is Cc1ccccc1-n1c(=S)[nH]c2ccccc21. The second kappa shape index (κ2) is 3.86. The van der Waals surface area contributed by atoms with Gasteiger partial charge in [0.25, 0.3) is 0 Å². The minimum atomic E-state index is 0.737. The van der Waals surface area contributed by atoms with Gasteiger partial charge in [-0.3, -0.25) is 4.57 Å². The smallest absolute Gasteiger partial charge is 0.182 e. The van der Waals surface area contributed by atoms with E-state index in [0.717, 1.165) is 21.5 Å². The van der Waals surface area contributed by atoms with Gasteiger partial charge in [0, 0.05) is 0 Å². The number of fused-ring (bicyclic) bond motifs is 1. The van der Waals surface area contributed by atoms with E-state index >= 15 is 0 Å². The normalized spacial score (nSPS) is 10.9. The number of aryl methyl sites for hydroxylation is 1. The van der Waals surface area contributed by atoms with Crippen LogP contribution in [-0.4, -0.2) is 9.55 Å². The monoisotopic (exact) mass is 240 g/mol. The molecule has 0 saturated carbocycles. The van der Waals surface area contributed by atoms with Gasteiger partial charge in [0.1, 0.15) is 0 Å². The molecule has 17 heavy (non-hydrogen) atoms. The van der Waals surface area contributed by atoms with E-state index in [1.165, 1.54) is 5.56 Å². The summed E-state index contributed by atoms with van der Waals surface area (Å²) in [7, 11) is 0. The van der Waals surface area contributed by atoms with E-state index in [-0.39, 0.29) is 0 Å². The molecule has 84 valence electrons. The first-order chi connectivity index (χ1) is 8.27. The van der Waals surface area contributed by atoms with Crippen LogP contribution in [-0.2, 0) is 0 Å². The molecule has 2 aromatic carbocycles. The van der Waals surface area contributed by atoms with E-state index in [1.54, 1.807) is 0 Å². The maximum Gasteiger partial charge on any atom is 0.182 e. The highest BCUT2D eigenvalue weighted by Gasteiger charge is 2.06. The summed E-state index contributed by atoms with van der Waals surface area (Å²) < 4.78 is 2.82. The Hall–Kier alpha value is -1.87. The molecule has 3 heteroatoms. The van der Waals surface area contributed by atoms with Crippen molar-refractivity contribution in [2.75, 3.05) is 0 Å². The van der Waals surface area contributed by atoms with Crippen molar-refractivity contribution in [2.24, 2.45) is 0 Å². The number of imidazole rings is 1. The number of nitrogens with zero attached hydrogens (tertiary/aromatic N) is 1. The van der Waals surface area contributed by atoms with Crippen molar-refractivity contribution in [3.63, 3.8) is 0 Å². The summed E-state index contributed by atoms with van der Waals surface area (Å²) in [6.45, 7) is 2.10. The third-order valence-corrected chi connectivity index (χ3v) is 3.23. The molecular formula is C14H12N2S. The van der Waals surface area contributed by atoms with Crippen molar-refractivity contribution in [1.82, 2.24) is 9.55 Å². The largest absolute Gasteiger partial charge is 0.330 e. The van der Waals surface area contributed by atoms with Crippen LogP contribution in [0.1, 0.15) is 5.56 Å². The molecule has 1 aromatic heterocycles. The second-order valence-corrected chi connectivity index (χ2v) is 4.46. The van der Waals surface area contributed by atoms with Crippen LogP contribution in [0.15, 0.2) is 48.5 Å². The van der Waals surface area contributed by atoms with Gasteiger partial charge in [-0.15, -0.1) is 0 Å². The van der Waals surface area contributed by atoms with Gasteiger partial charge in [-0.05, 0) is 42.9 Å². The quantitative estimate of drug-likeness (QED) is 0.638. The van der Waals surface area contributed by atoms with Crippen molar-refractivity contribution < 1.29 is 0 Å². The predicted molar refractivity (Wildman–Crippen MR) is 73.2 cm³/mol. The predicted octanol–water partition coefficient (Wildman–Crippen LogP) is 4.00. The molecule has 0 saturated heterocycles. The van der Waals surface area contributed by atoms with E-state index in [2.05, 4.69) is 34.7 Å². The van der Waals surface area contributed by atoms with Crippen molar-refractivity contribution in [3.05, 3.63) is 58.9 Å². The number of hydrogen-bond donors (Lipinski definition) is 1. The van der Waals surface area contributed by atoms with Crippen LogP contribution in [0.25, 0.3) is 16.7 Å². The average molecular weight is 240 g/mol. The Morgan fingerprint density at radius 3 is 2.53 bits per heavy atom. The number of para-hydroxylation sites is 3. The Bertz CT molecular complexity index is 737. The first kappa shape index (κ1) is 10.3. The molecule has 1 N–H and O–H groups in total. The number of nitrogens with one attached hydrogen (secondary N) is 1. The van der Waals surface area contributed by atoms with Gasteiger partial charge in [-0.1, -0.05) is 30.3 Å². The maximum absolute atomic E-state index is 5.40. The van der Waals surface area contributed by atoms with Crippen molar-refractivity contribution in [1.29, 1.82) is 0 Å². The first-order valence-electron chi connectivity index (χ1n) is 5.53. The summed E-state index contributed by atoms with van der Waals surface area (Å²) in [4.78, 5) is 3.23.